The van der Waals surface area contributed by atoms with Crippen molar-refractivity contribution >= 4 is 29.3 Å². The number of nitrogens with zero attached hydrogens (tertiary/aromatic N) is 2. The highest BCUT2D eigenvalue weighted by Gasteiger charge is 2.16. The van der Waals surface area contributed by atoms with Gasteiger partial charge in [0.1, 0.15) is 5.84 Å². The first kappa shape index (κ1) is 14.6. The Kier molecular flexibility index (Phi) is 4.20. The first-order valence-corrected chi connectivity index (χ1v) is 7.21. The lowest BCUT2D eigenvalue weighted by molar-refractivity contribution is -0.105. The van der Waals surface area contributed by atoms with E-state index < -0.39 is 0 Å². The topological polar surface area (TPSA) is 89.3 Å². The molecule has 23 heavy (non-hydrogen) atoms. The zero-order chi connectivity index (χ0) is 16.1. The van der Waals surface area contributed by atoms with Gasteiger partial charge in [0.05, 0.1) is 29.6 Å². The molecule has 114 valence electrons. The van der Waals surface area contributed by atoms with Gasteiger partial charge < -0.3 is 16.0 Å². The minimum Gasteiger partial charge on any atom is -0.368 e. The number of aliphatic imine (C=N–C) groups is 1. The Morgan fingerprint density at radius 3 is 2.87 bits per heavy atom. The van der Waals surface area contributed by atoms with Crippen LogP contribution in [-0.4, -0.2) is 25.3 Å². The minimum atomic E-state index is 0.564. The number of rotatable bonds is 5. The average Bonchev–Trinajstić information content (AvgIpc) is 3.11. The van der Waals surface area contributed by atoms with Crippen LogP contribution < -0.4 is 16.0 Å². The van der Waals surface area contributed by atoms with Gasteiger partial charge in [-0.05, 0) is 30.3 Å². The Morgan fingerprint density at radius 2 is 2.13 bits per heavy atom. The van der Waals surface area contributed by atoms with Crippen LogP contribution in [0.3, 0.4) is 0 Å². The number of nitriles is 1. The van der Waals surface area contributed by atoms with Crippen molar-refractivity contribution in [3.05, 3.63) is 53.6 Å². The third-order valence-electron chi connectivity index (χ3n) is 3.47. The molecule has 0 bridgehead atoms. The van der Waals surface area contributed by atoms with Crippen LogP contribution in [-0.2, 0) is 4.79 Å². The number of anilines is 3. The van der Waals surface area contributed by atoms with Crippen molar-refractivity contribution in [3.8, 4) is 6.07 Å². The van der Waals surface area contributed by atoms with Gasteiger partial charge in [-0.2, -0.15) is 5.26 Å². The summed E-state index contributed by atoms with van der Waals surface area (Å²) in [6, 6.07) is 14.9. The fraction of sp³-hybridized carbons (Fsp3) is 0.118. The molecule has 0 fully saturated rings. The van der Waals surface area contributed by atoms with Crippen LogP contribution in [0.5, 0.6) is 0 Å². The van der Waals surface area contributed by atoms with Crippen LogP contribution in [0.15, 0.2) is 47.5 Å². The monoisotopic (exact) mass is 305 g/mol. The number of nitrogens with one attached hydrogen (secondary N) is 3. The zero-order valence-electron chi connectivity index (χ0n) is 12.3. The standard InChI is InChI=1S/C17H15N5O/c18-10-12-3-1-4-13(9-12)22-16-14(17-19-7-8-20-17)5-2-6-15(16)21-11-23/h1-6,9,11,22H,7-8H2,(H,19,20)(H,21,23). The van der Waals surface area contributed by atoms with Crippen molar-refractivity contribution in [3.63, 3.8) is 0 Å². The molecule has 0 aromatic heterocycles. The van der Waals surface area contributed by atoms with Crippen molar-refractivity contribution in [2.75, 3.05) is 23.7 Å². The Morgan fingerprint density at radius 1 is 1.26 bits per heavy atom. The van der Waals surface area contributed by atoms with Gasteiger partial charge in [-0.25, -0.2) is 0 Å². The molecule has 2 aromatic rings. The number of hydrogen-bond donors (Lipinski definition) is 3. The quantitative estimate of drug-likeness (QED) is 0.739. The van der Waals surface area contributed by atoms with Crippen LogP contribution >= 0.6 is 0 Å². The molecule has 2 aromatic carbocycles. The summed E-state index contributed by atoms with van der Waals surface area (Å²) in [5.74, 6) is 0.790. The maximum absolute atomic E-state index is 10.9. The Labute approximate surface area is 133 Å². The molecule has 0 saturated heterocycles. The molecule has 0 aliphatic carbocycles. The molecule has 0 unspecified atom stereocenters. The third-order valence-corrected chi connectivity index (χ3v) is 3.47. The fourth-order valence-corrected chi connectivity index (χ4v) is 2.46. The molecular weight excluding hydrogens is 290 g/mol. The molecule has 3 rings (SSSR count). The maximum Gasteiger partial charge on any atom is 0.211 e. The second-order valence-corrected chi connectivity index (χ2v) is 4.97. The van der Waals surface area contributed by atoms with Gasteiger partial charge in [-0.1, -0.05) is 12.1 Å². The molecule has 0 radical (unpaired) electrons. The number of amides is 1. The van der Waals surface area contributed by atoms with Crippen molar-refractivity contribution in [1.29, 1.82) is 5.26 Å². The fourth-order valence-electron chi connectivity index (χ4n) is 2.46. The van der Waals surface area contributed by atoms with Crippen LogP contribution in [0, 0.1) is 11.3 Å². The Balaban J connectivity index is 2.04. The van der Waals surface area contributed by atoms with Gasteiger partial charge in [0.15, 0.2) is 0 Å². The van der Waals surface area contributed by atoms with Crippen LogP contribution in [0.1, 0.15) is 11.1 Å². The molecule has 0 atom stereocenters. The van der Waals surface area contributed by atoms with Gasteiger partial charge in [-0.3, -0.25) is 9.79 Å². The number of hydrogen-bond acceptors (Lipinski definition) is 5. The Hall–Kier alpha value is -3.33. The smallest absolute Gasteiger partial charge is 0.211 e. The lowest BCUT2D eigenvalue weighted by atomic mass is 10.1. The van der Waals surface area contributed by atoms with E-state index >= 15 is 0 Å². The predicted octanol–water partition coefficient (Wildman–Crippen LogP) is 2.22. The van der Waals surface area contributed by atoms with E-state index in [1.807, 2.05) is 30.3 Å². The maximum atomic E-state index is 10.9. The largest absolute Gasteiger partial charge is 0.368 e. The van der Waals surface area contributed by atoms with E-state index in [4.69, 9.17) is 5.26 Å². The van der Waals surface area contributed by atoms with E-state index in [0.717, 1.165) is 35.9 Å². The molecule has 0 saturated carbocycles. The predicted molar refractivity (Wildman–Crippen MR) is 90.0 cm³/mol. The number of para-hydroxylation sites is 1. The number of benzene rings is 2. The highest BCUT2D eigenvalue weighted by atomic mass is 16.1. The summed E-state index contributed by atoms with van der Waals surface area (Å²) in [5, 5.41) is 18.2. The summed E-state index contributed by atoms with van der Waals surface area (Å²) in [6.07, 6.45) is 0.639. The first-order chi connectivity index (χ1) is 11.3. The van der Waals surface area contributed by atoms with E-state index in [0.29, 0.717) is 17.7 Å². The van der Waals surface area contributed by atoms with E-state index in [-0.39, 0.29) is 0 Å². The van der Waals surface area contributed by atoms with Crippen molar-refractivity contribution in [2.45, 2.75) is 0 Å². The molecule has 1 aliphatic heterocycles. The number of amidine groups is 1. The van der Waals surface area contributed by atoms with Crippen molar-refractivity contribution in [2.24, 2.45) is 4.99 Å². The molecular formula is C17H15N5O. The molecule has 1 heterocycles. The number of carbonyl (C=O) groups is 1. The lowest BCUT2D eigenvalue weighted by Gasteiger charge is -2.16. The van der Waals surface area contributed by atoms with Crippen LogP contribution in [0.4, 0.5) is 17.1 Å². The molecule has 0 spiro atoms. The molecule has 6 nitrogen and oxygen atoms in total. The number of carbonyl (C=O) groups excluding carboxylic acids is 1. The van der Waals surface area contributed by atoms with E-state index in [1.54, 1.807) is 12.1 Å². The summed E-state index contributed by atoms with van der Waals surface area (Å²) < 4.78 is 0. The second kappa shape index (κ2) is 6.62. The van der Waals surface area contributed by atoms with E-state index in [9.17, 15) is 4.79 Å². The lowest BCUT2D eigenvalue weighted by Crippen LogP contribution is -2.21. The van der Waals surface area contributed by atoms with Gasteiger partial charge in [0, 0.05) is 17.8 Å². The molecule has 1 amide bonds. The summed E-state index contributed by atoms with van der Waals surface area (Å²) in [4.78, 5) is 15.3. The van der Waals surface area contributed by atoms with E-state index in [2.05, 4.69) is 27.0 Å². The van der Waals surface area contributed by atoms with Crippen molar-refractivity contribution in [1.82, 2.24) is 5.32 Å². The van der Waals surface area contributed by atoms with Crippen LogP contribution in [0.25, 0.3) is 0 Å². The third kappa shape index (κ3) is 3.14. The zero-order valence-corrected chi connectivity index (χ0v) is 12.3. The highest BCUT2D eigenvalue weighted by Crippen LogP contribution is 2.30. The second-order valence-electron chi connectivity index (χ2n) is 4.97. The van der Waals surface area contributed by atoms with Crippen molar-refractivity contribution < 1.29 is 4.79 Å². The highest BCUT2D eigenvalue weighted by molar-refractivity contribution is 6.08. The SMILES string of the molecule is N#Cc1cccc(Nc2c(NC=O)cccc2C2=NCCN2)c1. The molecule has 3 N–H and O–H groups in total. The summed E-state index contributed by atoms with van der Waals surface area (Å²) in [5.41, 5.74) is 3.59. The summed E-state index contributed by atoms with van der Waals surface area (Å²) >= 11 is 0. The summed E-state index contributed by atoms with van der Waals surface area (Å²) in [6.45, 7) is 1.52. The van der Waals surface area contributed by atoms with Gasteiger partial charge in [-0.15, -0.1) is 0 Å². The normalized spacial score (nSPS) is 12.7. The van der Waals surface area contributed by atoms with Gasteiger partial charge in [0.25, 0.3) is 0 Å². The first-order valence-electron chi connectivity index (χ1n) is 7.21. The average molecular weight is 305 g/mol. The summed E-state index contributed by atoms with van der Waals surface area (Å²) in [7, 11) is 0. The van der Waals surface area contributed by atoms with Gasteiger partial charge >= 0.3 is 0 Å². The molecule has 1 aliphatic rings. The minimum absolute atomic E-state index is 0.564. The van der Waals surface area contributed by atoms with E-state index in [1.165, 1.54) is 0 Å². The van der Waals surface area contributed by atoms with Gasteiger partial charge in [0.2, 0.25) is 6.41 Å². The van der Waals surface area contributed by atoms with Crippen LogP contribution in [0.2, 0.25) is 0 Å². The Bertz CT molecular complexity index is 807. The molecule has 6 heteroatoms.